The molecular formula is C35H33N5O3. The molecule has 8 nitrogen and oxygen atoms in total. The largest absolute Gasteiger partial charge is 0.454 e. The number of furan rings is 1. The molecule has 8 heteroatoms. The number of aryl methyl sites for hydroxylation is 1. The van der Waals surface area contributed by atoms with Crippen molar-refractivity contribution in [2.45, 2.75) is 58.4 Å². The van der Waals surface area contributed by atoms with Crippen molar-refractivity contribution in [3.05, 3.63) is 76.9 Å². The number of nitrogens with one attached hydrogen (secondary N) is 2. The Labute approximate surface area is 249 Å². The summed E-state index contributed by atoms with van der Waals surface area (Å²) in [4.78, 5) is 32.9. The van der Waals surface area contributed by atoms with Crippen LogP contribution in [0.4, 0.5) is 0 Å². The highest BCUT2D eigenvalue weighted by Gasteiger charge is 2.54. The Morgan fingerprint density at radius 1 is 1.09 bits per heavy atom. The van der Waals surface area contributed by atoms with Gasteiger partial charge >= 0.3 is 0 Å². The van der Waals surface area contributed by atoms with E-state index in [0.717, 1.165) is 80.9 Å². The second-order valence-corrected chi connectivity index (χ2v) is 12.8. The zero-order chi connectivity index (χ0) is 29.0. The van der Waals surface area contributed by atoms with Crippen LogP contribution in [-0.2, 0) is 13.1 Å². The minimum atomic E-state index is -0.0264. The molecule has 2 saturated heterocycles. The molecule has 0 radical (unpaired) electrons. The van der Waals surface area contributed by atoms with Gasteiger partial charge in [-0.15, -0.1) is 0 Å². The van der Waals surface area contributed by atoms with Gasteiger partial charge in [-0.2, -0.15) is 0 Å². The second kappa shape index (κ2) is 9.04. The topological polar surface area (TPSA) is 102 Å². The molecule has 4 aliphatic rings. The molecule has 216 valence electrons. The van der Waals surface area contributed by atoms with Gasteiger partial charge in [0.05, 0.1) is 17.6 Å². The van der Waals surface area contributed by atoms with Crippen molar-refractivity contribution in [3.63, 3.8) is 0 Å². The van der Waals surface area contributed by atoms with Crippen LogP contribution in [0.15, 0.2) is 59.0 Å². The summed E-state index contributed by atoms with van der Waals surface area (Å²) >= 11 is 0. The zero-order valence-electron chi connectivity index (χ0n) is 24.3. The number of fused-ring (bicyclic) bond motifs is 4. The van der Waals surface area contributed by atoms with Gasteiger partial charge in [0.25, 0.3) is 11.8 Å². The van der Waals surface area contributed by atoms with E-state index in [4.69, 9.17) is 9.40 Å². The van der Waals surface area contributed by atoms with Crippen molar-refractivity contribution in [3.8, 4) is 22.7 Å². The van der Waals surface area contributed by atoms with Crippen LogP contribution in [0.1, 0.15) is 58.0 Å². The number of carbonyl (C=O) groups is 2. The summed E-state index contributed by atoms with van der Waals surface area (Å²) in [6.45, 7) is 6.57. The highest BCUT2D eigenvalue weighted by Crippen LogP contribution is 2.41. The summed E-state index contributed by atoms with van der Waals surface area (Å²) in [5.41, 5.74) is 7.94. The van der Waals surface area contributed by atoms with Gasteiger partial charge < -0.3 is 19.2 Å². The van der Waals surface area contributed by atoms with Gasteiger partial charge in [0, 0.05) is 58.7 Å². The average Bonchev–Trinajstić information content (AvgIpc) is 3.88. The van der Waals surface area contributed by atoms with Crippen LogP contribution >= 0.6 is 0 Å². The molecule has 3 fully saturated rings. The minimum absolute atomic E-state index is 0.0264. The van der Waals surface area contributed by atoms with Crippen LogP contribution in [0.2, 0.25) is 0 Å². The Morgan fingerprint density at radius 2 is 1.98 bits per heavy atom. The van der Waals surface area contributed by atoms with Gasteiger partial charge in [-0.05, 0) is 80.0 Å². The monoisotopic (exact) mass is 571 g/mol. The number of pyridine rings is 1. The summed E-state index contributed by atoms with van der Waals surface area (Å²) < 4.78 is 8.89. The van der Waals surface area contributed by atoms with Crippen molar-refractivity contribution >= 4 is 33.8 Å². The van der Waals surface area contributed by atoms with E-state index in [1.807, 2.05) is 41.3 Å². The standard InChI is InChI=1S/C35H33N5O3/c1-3-20-17-40(33-30(20)38-33)35(42)23-8-10-25-18(2)31(43-29(25)14-23)28-13-22-9-11-27(37-32(22)39(28)16-19-4-5-19)21-6-7-24-15-36-34(41)26(24)12-21/h6-14,19-20,30,33,38H,3-5,15-17H2,1-2H3,(H,36,41)/t20?,30-,33?/m1/s1. The molecule has 1 aliphatic carbocycles. The molecule has 5 aromatic rings. The molecule has 0 bridgehead atoms. The van der Waals surface area contributed by atoms with Crippen LogP contribution in [-0.4, -0.2) is 45.0 Å². The van der Waals surface area contributed by atoms with E-state index < -0.39 is 0 Å². The Hall–Kier alpha value is -4.43. The van der Waals surface area contributed by atoms with Gasteiger partial charge in [-0.25, -0.2) is 4.98 Å². The summed E-state index contributed by atoms with van der Waals surface area (Å²) in [5, 5.41) is 8.44. The van der Waals surface area contributed by atoms with E-state index in [1.54, 1.807) is 0 Å². The van der Waals surface area contributed by atoms with Gasteiger partial charge in [0.15, 0.2) is 5.76 Å². The first kappa shape index (κ1) is 25.1. The SMILES string of the molecule is CCC1CN(C(=O)c2ccc3c(C)c(-c4cc5ccc(-c6ccc7c(c6)C(=O)NC7)nc5n4CC4CC4)oc3c2)C2N[C@H]12. The molecule has 9 rings (SSSR count). The van der Waals surface area contributed by atoms with Crippen molar-refractivity contribution in [2.24, 2.45) is 11.8 Å². The summed E-state index contributed by atoms with van der Waals surface area (Å²) in [7, 11) is 0. The molecule has 2 N–H and O–H groups in total. The Kier molecular flexibility index (Phi) is 5.27. The van der Waals surface area contributed by atoms with Crippen LogP contribution in [0.25, 0.3) is 44.7 Å². The third-order valence-corrected chi connectivity index (χ3v) is 10.0. The van der Waals surface area contributed by atoms with Gasteiger partial charge in [0.2, 0.25) is 0 Å². The third-order valence-electron chi connectivity index (χ3n) is 10.0. The molecule has 6 heterocycles. The summed E-state index contributed by atoms with van der Waals surface area (Å²) in [5.74, 6) is 2.02. The lowest BCUT2D eigenvalue weighted by Crippen LogP contribution is -2.35. The summed E-state index contributed by atoms with van der Waals surface area (Å²) in [6.07, 6.45) is 3.68. The quantitative estimate of drug-likeness (QED) is 0.249. The van der Waals surface area contributed by atoms with Gasteiger partial charge in [0.1, 0.15) is 11.2 Å². The molecule has 1 saturated carbocycles. The first-order chi connectivity index (χ1) is 21.0. The van der Waals surface area contributed by atoms with E-state index in [1.165, 1.54) is 12.8 Å². The fourth-order valence-electron chi connectivity index (χ4n) is 7.25. The van der Waals surface area contributed by atoms with Gasteiger partial charge in [-0.1, -0.05) is 25.1 Å². The lowest BCUT2D eigenvalue weighted by molar-refractivity contribution is 0.0751. The molecule has 3 atom stereocenters. The maximum atomic E-state index is 13.5. The van der Waals surface area contributed by atoms with E-state index >= 15 is 0 Å². The molecule has 3 aliphatic heterocycles. The van der Waals surface area contributed by atoms with E-state index in [9.17, 15) is 9.59 Å². The fraction of sp³-hybridized carbons (Fsp3) is 0.343. The van der Waals surface area contributed by atoms with E-state index in [2.05, 4.69) is 47.2 Å². The molecule has 2 unspecified atom stereocenters. The number of hydrogen-bond donors (Lipinski definition) is 2. The molecule has 2 amide bonds. The Morgan fingerprint density at radius 3 is 2.79 bits per heavy atom. The lowest BCUT2D eigenvalue weighted by Gasteiger charge is -2.20. The smallest absolute Gasteiger partial charge is 0.255 e. The van der Waals surface area contributed by atoms with Crippen molar-refractivity contribution in [2.75, 3.05) is 6.54 Å². The van der Waals surface area contributed by atoms with Crippen LogP contribution in [0, 0.1) is 18.8 Å². The highest BCUT2D eigenvalue weighted by molar-refractivity contribution is 6.01. The second-order valence-electron chi connectivity index (χ2n) is 12.8. The van der Waals surface area contributed by atoms with Crippen molar-refractivity contribution in [1.82, 2.24) is 25.1 Å². The average molecular weight is 572 g/mol. The minimum Gasteiger partial charge on any atom is -0.454 e. The number of rotatable bonds is 6. The number of carbonyl (C=O) groups excluding carboxylic acids is 2. The number of aromatic nitrogens is 2. The maximum Gasteiger partial charge on any atom is 0.255 e. The van der Waals surface area contributed by atoms with Gasteiger partial charge in [-0.3, -0.25) is 14.9 Å². The van der Waals surface area contributed by atoms with Crippen molar-refractivity contribution < 1.29 is 14.0 Å². The molecule has 0 spiro atoms. The summed E-state index contributed by atoms with van der Waals surface area (Å²) in [6, 6.07) is 18.7. The first-order valence-electron chi connectivity index (χ1n) is 15.5. The van der Waals surface area contributed by atoms with Crippen LogP contribution in [0.3, 0.4) is 0 Å². The molecule has 43 heavy (non-hydrogen) atoms. The Bertz CT molecular complexity index is 2000. The normalized spacial score (nSPS) is 22.3. The van der Waals surface area contributed by atoms with Crippen LogP contribution in [0.5, 0.6) is 0 Å². The number of nitrogens with zero attached hydrogens (tertiary/aromatic N) is 3. The zero-order valence-corrected chi connectivity index (χ0v) is 24.3. The number of amides is 2. The highest BCUT2D eigenvalue weighted by atomic mass is 16.3. The molecule has 2 aromatic carbocycles. The van der Waals surface area contributed by atoms with Crippen LogP contribution < -0.4 is 10.6 Å². The number of hydrogen-bond acceptors (Lipinski definition) is 5. The molecular weight excluding hydrogens is 538 g/mol. The van der Waals surface area contributed by atoms with E-state index in [0.29, 0.717) is 30.0 Å². The first-order valence-corrected chi connectivity index (χ1v) is 15.5. The predicted molar refractivity (Wildman–Crippen MR) is 165 cm³/mol. The third kappa shape index (κ3) is 3.89. The Balaban J connectivity index is 1.11. The predicted octanol–water partition coefficient (Wildman–Crippen LogP) is 5.86. The van der Waals surface area contributed by atoms with Crippen molar-refractivity contribution in [1.29, 1.82) is 0 Å². The number of benzene rings is 2. The maximum absolute atomic E-state index is 13.5. The fourth-order valence-corrected chi connectivity index (χ4v) is 7.25. The van der Waals surface area contributed by atoms with E-state index in [-0.39, 0.29) is 18.0 Å². The lowest BCUT2D eigenvalue weighted by atomic mass is 10.0. The molecule has 3 aromatic heterocycles. The number of likely N-dealkylation sites (tertiary alicyclic amines) is 1.